The van der Waals surface area contributed by atoms with Crippen molar-refractivity contribution in [2.75, 3.05) is 32.7 Å². The quantitative estimate of drug-likeness (QED) is 0.685. The van der Waals surface area contributed by atoms with E-state index in [1.807, 2.05) is 0 Å². The average Bonchev–Trinajstić information content (AvgIpc) is 2.60. The van der Waals surface area contributed by atoms with Crippen molar-refractivity contribution in [1.29, 1.82) is 0 Å². The van der Waals surface area contributed by atoms with E-state index in [1.165, 1.54) is 57.5 Å². The van der Waals surface area contributed by atoms with Gasteiger partial charge in [0, 0.05) is 26.2 Å². The maximum atomic E-state index is 2.70. The molecule has 2 aliphatic heterocycles. The molecule has 1 fully saturated rings. The number of piperidine rings is 1. The van der Waals surface area contributed by atoms with Gasteiger partial charge in [-0.2, -0.15) is 0 Å². The van der Waals surface area contributed by atoms with Crippen molar-refractivity contribution >= 4 is 0 Å². The molecule has 1 aromatic carbocycles. The van der Waals surface area contributed by atoms with E-state index in [1.54, 1.807) is 5.57 Å². The summed E-state index contributed by atoms with van der Waals surface area (Å²) in [7, 11) is 0. The predicted molar refractivity (Wildman–Crippen MR) is 108 cm³/mol. The molecule has 0 radical (unpaired) electrons. The fraction of sp³-hybridized carbons (Fsp3) is 0.652. The highest BCUT2D eigenvalue weighted by molar-refractivity contribution is 5.15. The third-order valence-electron chi connectivity index (χ3n) is 6.12. The van der Waals surface area contributed by atoms with Crippen LogP contribution in [0.5, 0.6) is 0 Å². The summed E-state index contributed by atoms with van der Waals surface area (Å²) < 4.78 is 0. The molecule has 138 valence electrons. The van der Waals surface area contributed by atoms with Crippen LogP contribution < -0.4 is 0 Å². The van der Waals surface area contributed by atoms with E-state index >= 15 is 0 Å². The number of rotatable bonds is 6. The Labute approximate surface area is 154 Å². The van der Waals surface area contributed by atoms with Gasteiger partial charge < -0.3 is 0 Å². The van der Waals surface area contributed by atoms with Gasteiger partial charge in [0.05, 0.1) is 0 Å². The van der Waals surface area contributed by atoms with E-state index in [0.29, 0.717) is 0 Å². The highest BCUT2D eigenvalue weighted by atomic mass is 15.1. The Bertz CT molecular complexity index is 550. The van der Waals surface area contributed by atoms with Crippen LogP contribution in [0.1, 0.15) is 45.6 Å². The van der Waals surface area contributed by atoms with Crippen LogP contribution in [0.3, 0.4) is 0 Å². The Morgan fingerprint density at radius 1 is 1.08 bits per heavy atom. The van der Waals surface area contributed by atoms with Crippen molar-refractivity contribution in [2.24, 2.45) is 17.8 Å². The van der Waals surface area contributed by atoms with Crippen LogP contribution in [0.15, 0.2) is 42.0 Å². The lowest BCUT2D eigenvalue weighted by atomic mass is 9.75. The molecule has 0 saturated carbocycles. The molecule has 2 heteroatoms. The first kappa shape index (κ1) is 18.7. The zero-order chi connectivity index (χ0) is 17.6. The molecule has 0 aliphatic carbocycles. The largest absolute Gasteiger partial charge is 0.299 e. The second-order valence-corrected chi connectivity index (χ2v) is 8.42. The maximum absolute atomic E-state index is 2.70. The molecule has 0 aromatic heterocycles. The number of unbranched alkanes of at least 4 members (excludes halogenated alkanes) is 1. The fourth-order valence-electron chi connectivity index (χ4n) is 4.87. The number of hydrogen-bond acceptors (Lipinski definition) is 2. The van der Waals surface area contributed by atoms with Crippen molar-refractivity contribution in [1.82, 2.24) is 9.80 Å². The minimum atomic E-state index is 0.763. The average molecular weight is 341 g/mol. The van der Waals surface area contributed by atoms with E-state index in [2.05, 4.69) is 67.0 Å². The maximum Gasteiger partial charge on any atom is 0.0233 e. The minimum absolute atomic E-state index is 0.763. The molecule has 1 saturated heterocycles. The molecule has 0 spiro atoms. The Balaban J connectivity index is 1.56. The molecule has 1 aromatic rings. The molecule has 25 heavy (non-hydrogen) atoms. The topological polar surface area (TPSA) is 6.48 Å². The molecule has 0 N–H and O–H groups in total. The second kappa shape index (κ2) is 9.00. The lowest BCUT2D eigenvalue weighted by Gasteiger charge is -2.43. The van der Waals surface area contributed by atoms with Gasteiger partial charge in [0.2, 0.25) is 0 Å². The van der Waals surface area contributed by atoms with Gasteiger partial charge in [-0.15, -0.1) is 0 Å². The highest BCUT2D eigenvalue weighted by Gasteiger charge is 2.33. The van der Waals surface area contributed by atoms with Crippen LogP contribution in [0.2, 0.25) is 0 Å². The van der Waals surface area contributed by atoms with Gasteiger partial charge in [0.15, 0.2) is 0 Å². The van der Waals surface area contributed by atoms with Crippen molar-refractivity contribution in [3.63, 3.8) is 0 Å². The third kappa shape index (κ3) is 5.18. The van der Waals surface area contributed by atoms with Gasteiger partial charge >= 0.3 is 0 Å². The Hall–Kier alpha value is -1.12. The Kier molecular flexibility index (Phi) is 6.72. The molecule has 2 heterocycles. The number of nitrogens with zero attached hydrogens (tertiary/aromatic N) is 2. The van der Waals surface area contributed by atoms with Crippen LogP contribution >= 0.6 is 0 Å². The summed E-state index contributed by atoms with van der Waals surface area (Å²) in [5.74, 6) is 2.41. The summed E-state index contributed by atoms with van der Waals surface area (Å²) in [6.07, 6.45) is 6.60. The summed E-state index contributed by atoms with van der Waals surface area (Å²) >= 11 is 0. The normalized spacial score (nSPS) is 28.8. The zero-order valence-electron chi connectivity index (χ0n) is 16.5. The van der Waals surface area contributed by atoms with Crippen LogP contribution in [0, 0.1) is 17.8 Å². The summed E-state index contributed by atoms with van der Waals surface area (Å²) in [5, 5.41) is 0. The monoisotopic (exact) mass is 340 g/mol. The number of hydrogen-bond donors (Lipinski definition) is 0. The number of benzene rings is 1. The first-order chi connectivity index (χ1) is 12.2. The molecule has 3 atom stereocenters. The van der Waals surface area contributed by atoms with Crippen LogP contribution in [-0.4, -0.2) is 42.5 Å². The first-order valence-electron chi connectivity index (χ1n) is 10.3. The predicted octanol–water partition coefficient (Wildman–Crippen LogP) is 4.82. The fourth-order valence-corrected chi connectivity index (χ4v) is 4.87. The molecule has 0 unspecified atom stereocenters. The lowest BCUT2D eigenvalue weighted by molar-refractivity contribution is 0.0812. The standard InChI is InChI=1S/C23H36N2/c1-4-5-12-24-15-19(2)14-22(18-24)23-11-13-25(16-20(23)3)17-21-9-7-6-8-10-21/h6-10,14,20,22-23H,4-5,11-13,15-18H2,1-3H3/t20-,22-,23-/m1/s1. The molecular weight excluding hydrogens is 304 g/mol. The van der Waals surface area contributed by atoms with Gasteiger partial charge in [0.25, 0.3) is 0 Å². The lowest BCUT2D eigenvalue weighted by Crippen LogP contribution is -2.45. The first-order valence-corrected chi connectivity index (χ1v) is 10.3. The summed E-state index contributed by atoms with van der Waals surface area (Å²) in [5.41, 5.74) is 3.04. The van der Waals surface area contributed by atoms with Gasteiger partial charge in [-0.1, -0.05) is 62.2 Å². The van der Waals surface area contributed by atoms with Crippen molar-refractivity contribution in [3.05, 3.63) is 47.5 Å². The molecular formula is C23H36N2. The summed E-state index contributed by atoms with van der Waals surface area (Å²) in [6.45, 7) is 14.5. The molecule has 3 rings (SSSR count). The van der Waals surface area contributed by atoms with Crippen molar-refractivity contribution < 1.29 is 0 Å². The SMILES string of the molecule is CCCCN1CC(C)=C[C@@H]([C@@H]2CCN(Cc3ccccc3)C[C@H]2C)C1. The van der Waals surface area contributed by atoms with E-state index in [9.17, 15) is 0 Å². The van der Waals surface area contributed by atoms with E-state index in [-0.39, 0.29) is 0 Å². The number of likely N-dealkylation sites (tertiary alicyclic amines) is 1. The van der Waals surface area contributed by atoms with E-state index < -0.39 is 0 Å². The zero-order valence-corrected chi connectivity index (χ0v) is 16.5. The minimum Gasteiger partial charge on any atom is -0.299 e. The molecule has 0 bridgehead atoms. The summed E-state index contributed by atoms with van der Waals surface area (Å²) in [6, 6.07) is 10.9. The van der Waals surface area contributed by atoms with Gasteiger partial charge in [-0.3, -0.25) is 9.80 Å². The van der Waals surface area contributed by atoms with E-state index in [0.717, 1.165) is 24.3 Å². The smallest absolute Gasteiger partial charge is 0.0233 e. The van der Waals surface area contributed by atoms with Crippen molar-refractivity contribution in [3.8, 4) is 0 Å². The van der Waals surface area contributed by atoms with Gasteiger partial charge in [-0.05, 0) is 56.2 Å². The third-order valence-corrected chi connectivity index (χ3v) is 6.12. The molecule has 0 amide bonds. The molecule has 2 nitrogen and oxygen atoms in total. The summed E-state index contributed by atoms with van der Waals surface area (Å²) in [4.78, 5) is 5.36. The Morgan fingerprint density at radius 2 is 1.88 bits per heavy atom. The van der Waals surface area contributed by atoms with Gasteiger partial charge in [-0.25, -0.2) is 0 Å². The van der Waals surface area contributed by atoms with Crippen LogP contribution in [0.25, 0.3) is 0 Å². The second-order valence-electron chi connectivity index (χ2n) is 8.42. The van der Waals surface area contributed by atoms with Crippen LogP contribution in [-0.2, 0) is 6.54 Å². The molecule has 2 aliphatic rings. The Morgan fingerprint density at radius 3 is 2.60 bits per heavy atom. The van der Waals surface area contributed by atoms with Crippen LogP contribution in [0.4, 0.5) is 0 Å². The van der Waals surface area contributed by atoms with E-state index in [4.69, 9.17) is 0 Å². The van der Waals surface area contributed by atoms with Crippen molar-refractivity contribution in [2.45, 2.75) is 46.6 Å². The van der Waals surface area contributed by atoms with Gasteiger partial charge in [0.1, 0.15) is 0 Å². The highest BCUT2D eigenvalue weighted by Crippen LogP contribution is 2.34.